The molecular weight excluding hydrogens is 299 g/mol. The zero-order valence-electron chi connectivity index (χ0n) is 9.68. The number of aromatic nitrogens is 1. The number of thiazole rings is 1. The van der Waals surface area contributed by atoms with Crippen molar-refractivity contribution in [3.05, 3.63) is 58.1 Å². The molecule has 94 valence electrons. The van der Waals surface area contributed by atoms with Crippen LogP contribution in [0.5, 0.6) is 0 Å². The maximum atomic E-state index is 6.08. The van der Waals surface area contributed by atoms with Crippen LogP contribution >= 0.6 is 34.5 Å². The summed E-state index contributed by atoms with van der Waals surface area (Å²) in [7, 11) is 0. The molecule has 2 nitrogen and oxygen atoms in total. The highest BCUT2D eigenvalue weighted by Crippen LogP contribution is 2.28. The molecule has 0 aliphatic rings. The number of rotatable bonds is 2. The standard InChI is InChI=1S/C14H8Cl2N2S/c15-10-4-3-5-11(16)9(10)8-17-14-18-12-6-1-2-7-13(12)19-14/h1-8H. The van der Waals surface area contributed by atoms with E-state index in [0.29, 0.717) is 20.7 Å². The molecule has 0 fully saturated rings. The molecule has 19 heavy (non-hydrogen) atoms. The largest absolute Gasteiger partial charge is 0.227 e. The second kappa shape index (κ2) is 5.29. The summed E-state index contributed by atoms with van der Waals surface area (Å²) in [6.07, 6.45) is 1.66. The van der Waals surface area contributed by atoms with E-state index < -0.39 is 0 Å². The van der Waals surface area contributed by atoms with Crippen molar-refractivity contribution in [2.45, 2.75) is 0 Å². The van der Waals surface area contributed by atoms with Gasteiger partial charge in [-0.1, -0.05) is 52.7 Å². The molecule has 0 atom stereocenters. The maximum absolute atomic E-state index is 6.08. The van der Waals surface area contributed by atoms with Gasteiger partial charge in [0.25, 0.3) is 0 Å². The Morgan fingerprint density at radius 2 is 1.74 bits per heavy atom. The summed E-state index contributed by atoms with van der Waals surface area (Å²) in [5, 5.41) is 1.85. The third-order valence-electron chi connectivity index (χ3n) is 2.59. The van der Waals surface area contributed by atoms with Crippen molar-refractivity contribution in [3.63, 3.8) is 0 Å². The summed E-state index contributed by atoms with van der Waals surface area (Å²) in [4.78, 5) is 8.77. The summed E-state index contributed by atoms with van der Waals surface area (Å²) in [6.45, 7) is 0. The second-order valence-electron chi connectivity index (χ2n) is 3.86. The number of hydrogen-bond donors (Lipinski definition) is 0. The van der Waals surface area contributed by atoms with E-state index in [1.54, 1.807) is 24.4 Å². The van der Waals surface area contributed by atoms with E-state index in [2.05, 4.69) is 9.98 Å². The molecule has 0 bridgehead atoms. The van der Waals surface area contributed by atoms with E-state index in [9.17, 15) is 0 Å². The van der Waals surface area contributed by atoms with Crippen LogP contribution in [0.2, 0.25) is 10.0 Å². The minimum Gasteiger partial charge on any atom is -0.227 e. The average Bonchev–Trinajstić information content (AvgIpc) is 2.81. The summed E-state index contributed by atoms with van der Waals surface area (Å²) in [6, 6.07) is 13.3. The van der Waals surface area contributed by atoms with Gasteiger partial charge in [0.15, 0.2) is 0 Å². The highest BCUT2D eigenvalue weighted by Gasteiger charge is 2.04. The third kappa shape index (κ3) is 2.63. The maximum Gasteiger partial charge on any atom is 0.210 e. The number of nitrogens with zero attached hydrogens (tertiary/aromatic N) is 2. The Kier molecular flexibility index (Phi) is 3.51. The molecule has 3 aromatic rings. The van der Waals surface area contributed by atoms with Crippen molar-refractivity contribution in [2.24, 2.45) is 4.99 Å². The lowest BCUT2D eigenvalue weighted by atomic mass is 10.2. The van der Waals surface area contributed by atoms with Crippen molar-refractivity contribution in [3.8, 4) is 0 Å². The number of fused-ring (bicyclic) bond motifs is 1. The van der Waals surface area contributed by atoms with Crippen LogP contribution in [0.4, 0.5) is 5.13 Å². The van der Waals surface area contributed by atoms with E-state index in [-0.39, 0.29) is 0 Å². The van der Waals surface area contributed by atoms with Crippen LogP contribution in [0.25, 0.3) is 10.2 Å². The molecule has 2 aromatic carbocycles. The molecule has 1 heterocycles. The topological polar surface area (TPSA) is 25.2 Å². The van der Waals surface area contributed by atoms with E-state index in [0.717, 1.165) is 10.2 Å². The normalized spacial score (nSPS) is 11.5. The van der Waals surface area contributed by atoms with Crippen molar-refractivity contribution in [1.29, 1.82) is 0 Å². The zero-order valence-corrected chi connectivity index (χ0v) is 12.0. The molecule has 0 spiro atoms. The SMILES string of the molecule is Clc1cccc(Cl)c1C=Nc1nc2ccccc2s1. The van der Waals surface area contributed by atoms with E-state index in [1.807, 2.05) is 24.3 Å². The summed E-state index contributed by atoms with van der Waals surface area (Å²) in [5.74, 6) is 0. The molecule has 0 aliphatic heterocycles. The van der Waals surface area contributed by atoms with E-state index >= 15 is 0 Å². The van der Waals surface area contributed by atoms with Gasteiger partial charge in [0.2, 0.25) is 5.13 Å². The van der Waals surface area contributed by atoms with E-state index in [4.69, 9.17) is 23.2 Å². The Morgan fingerprint density at radius 3 is 2.47 bits per heavy atom. The predicted octanol–water partition coefficient (Wildman–Crippen LogP) is 5.35. The fourth-order valence-corrected chi connectivity index (χ4v) is 2.98. The first kappa shape index (κ1) is 12.6. The van der Waals surface area contributed by atoms with Crippen molar-refractivity contribution in [1.82, 2.24) is 4.98 Å². The number of para-hydroxylation sites is 1. The molecule has 1 aromatic heterocycles. The lowest BCUT2D eigenvalue weighted by Crippen LogP contribution is -1.84. The highest BCUT2D eigenvalue weighted by atomic mass is 35.5. The molecular formula is C14H8Cl2N2S. The molecule has 0 saturated carbocycles. The fourth-order valence-electron chi connectivity index (χ4n) is 1.67. The third-order valence-corrected chi connectivity index (χ3v) is 4.19. The number of benzene rings is 2. The quantitative estimate of drug-likeness (QED) is 0.586. The number of hydrogen-bond acceptors (Lipinski definition) is 3. The molecule has 0 amide bonds. The van der Waals surface area contributed by atoms with Gasteiger partial charge in [-0.15, -0.1) is 0 Å². The van der Waals surface area contributed by atoms with Gasteiger partial charge in [0, 0.05) is 11.8 Å². The fraction of sp³-hybridized carbons (Fsp3) is 0. The Balaban J connectivity index is 1.98. The van der Waals surface area contributed by atoms with Gasteiger partial charge in [0.1, 0.15) is 0 Å². The summed E-state index contributed by atoms with van der Waals surface area (Å²) in [5.41, 5.74) is 1.66. The first-order chi connectivity index (χ1) is 9.24. The Bertz CT molecular complexity index is 712. The Labute approximate surface area is 124 Å². The summed E-state index contributed by atoms with van der Waals surface area (Å²) < 4.78 is 1.11. The van der Waals surface area contributed by atoms with Gasteiger partial charge in [-0.2, -0.15) is 0 Å². The molecule has 0 aliphatic carbocycles. The van der Waals surface area contributed by atoms with Gasteiger partial charge in [-0.3, -0.25) is 0 Å². The monoisotopic (exact) mass is 306 g/mol. The molecule has 0 N–H and O–H groups in total. The van der Waals surface area contributed by atoms with Crippen molar-refractivity contribution < 1.29 is 0 Å². The molecule has 0 saturated heterocycles. The Morgan fingerprint density at radius 1 is 1.00 bits per heavy atom. The van der Waals surface area contributed by atoms with Gasteiger partial charge < -0.3 is 0 Å². The first-order valence-electron chi connectivity index (χ1n) is 5.58. The molecule has 5 heteroatoms. The smallest absolute Gasteiger partial charge is 0.210 e. The average molecular weight is 307 g/mol. The van der Waals surface area contributed by atoms with Crippen molar-refractivity contribution >= 4 is 56.1 Å². The molecule has 0 unspecified atom stereocenters. The van der Waals surface area contributed by atoms with Gasteiger partial charge in [0.05, 0.1) is 20.3 Å². The molecule has 3 rings (SSSR count). The van der Waals surface area contributed by atoms with Crippen LogP contribution in [0.1, 0.15) is 5.56 Å². The lowest BCUT2D eigenvalue weighted by Gasteiger charge is -1.98. The number of halogens is 2. The van der Waals surface area contributed by atoms with Crippen LogP contribution in [-0.4, -0.2) is 11.2 Å². The minimum absolute atomic E-state index is 0.581. The first-order valence-corrected chi connectivity index (χ1v) is 7.15. The minimum atomic E-state index is 0.581. The van der Waals surface area contributed by atoms with Crippen LogP contribution in [0.3, 0.4) is 0 Å². The Hall–Kier alpha value is -1.42. The van der Waals surface area contributed by atoms with Crippen molar-refractivity contribution in [2.75, 3.05) is 0 Å². The van der Waals surface area contributed by atoms with E-state index in [1.165, 1.54) is 11.3 Å². The number of aliphatic imine (C=N–C) groups is 1. The van der Waals surface area contributed by atoms with Gasteiger partial charge in [-0.05, 0) is 24.3 Å². The van der Waals surface area contributed by atoms with Crippen LogP contribution in [-0.2, 0) is 0 Å². The predicted molar refractivity (Wildman–Crippen MR) is 83.3 cm³/mol. The van der Waals surface area contributed by atoms with Gasteiger partial charge >= 0.3 is 0 Å². The van der Waals surface area contributed by atoms with Crippen LogP contribution in [0, 0.1) is 0 Å². The van der Waals surface area contributed by atoms with Gasteiger partial charge in [-0.25, -0.2) is 9.98 Å². The molecule has 0 radical (unpaired) electrons. The second-order valence-corrected chi connectivity index (χ2v) is 5.68. The van der Waals surface area contributed by atoms with Crippen LogP contribution < -0.4 is 0 Å². The lowest BCUT2D eigenvalue weighted by molar-refractivity contribution is 1.41. The highest BCUT2D eigenvalue weighted by molar-refractivity contribution is 7.22. The summed E-state index contributed by atoms with van der Waals surface area (Å²) >= 11 is 13.7. The van der Waals surface area contributed by atoms with Crippen LogP contribution in [0.15, 0.2) is 47.5 Å². The zero-order chi connectivity index (χ0) is 13.2.